The largest absolute Gasteiger partial charge is 0.466 e. The molecule has 0 bridgehead atoms. The summed E-state index contributed by atoms with van der Waals surface area (Å²) in [6.45, 7) is 2.41. The van der Waals surface area contributed by atoms with Crippen LogP contribution in [-0.2, 0) is 9.53 Å². The second-order valence-electron chi connectivity index (χ2n) is 6.68. The zero-order chi connectivity index (χ0) is 13.2. The summed E-state index contributed by atoms with van der Waals surface area (Å²) in [6, 6.07) is 1.31. The van der Waals surface area contributed by atoms with E-state index >= 15 is 0 Å². The van der Waals surface area contributed by atoms with Crippen LogP contribution in [0.25, 0.3) is 0 Å². The van der Waals surface area contributed by atoms with Crippen LogP contribution in [0, 0.1) is 17.8 Å². The van der Waals surface area contributed by atoms with Gasteiger partial charge in [-0.3, -0.25) is 4.79 Å². The summed E-state index contributed by atoms with van der Waals surface area (Å²) in [5.41, 5.74) is 0. The first kappa shape index (κ1) is 13.4. The van der Waals surface area contributed by atoms with E-state index in [-0.39, 0.29) is 11.9 Å². The molecule has 1 N–H and O–H groups in total. The van der Waals surface area contributed by atoms with Crippen LogP contribution in [0.4, 0.5) is 0 Å². The fraction of sp³-hybridized carbons (Fsp3) is 0.938. The van der Waals surface area contributed by atoms with Gasteiger partial charge >= 0.3 is 5.97 Å². The summed E-state index contributed by atoms with van der Waals surface area (Å²) in [4.78, 5) is 11.9. The third-order valence-corrected chi connectivity index (χ3v) is 4.98. The summed E-state index contributed by atoms with van der Waals surface area (Å²) in [5.74, 6) is 2.06. The van der Waals surface area contributed by atoms with E-state index in [0.29, 0.717) is 12.6 Å². The predicted octanol–water partition coefficient (Wildman–Crippen LogP) is 2.89. The maximum absolute atomic E-state index is 11.9. The van der Waals surface area contributed by atoms with Gasteiger partial charge in [0.1, 0.15) is 0 Å². The highest BCUT2D eigenvalue weighted by atomic mass is 16.5. The summed E-state index contributed by atoms with van der Waals surface area (Å²) in [6.07, 6.45) is 10.1. The average molecular weight is 265 g/mol. The molecule has 0 aromatic rings. The Morgan fingerprint density at radius 1 is 1.16 bits per heavy atom. The molecule has 2 atom stereocenters. The van der Waals surface area contributed by atoms with Crippen molar-refractivity contribution < 1.29 is 9.53 Å². The van der Waals surface area contributed by atoms with E-state index in [0.717, 1.165) is 30.7 Å². The number of hydrogen-bond donors (Lipinski definition) is 1. The Balaban J connectivity index is 1.51. The van der Waals surface area contributed by atoms with Gasteiger partial charge in [-0.15, -0.1) is 0 Å². The first-order chi connectivity index (χ1) is 9.28. The lowest BCUT2D eigenvalue weighted by Gasteiger charge is -2.32. The van der Waals surface area contributed by atoms with Crippen molar-refractivity contribution in [2.24, 2.45) is 17.8 Å². The van der Waals surface area contributed by atoms with Gasteiger partial charge in [-0.1, -0.05) is 6.42 Å². The zero-order valence-corrected chi connectivity index (χ0v) is 12.1. The minimum absolute atomic E-state index is 0.0309. The van der Waals surface area contributed by atoms with Crippen molar-refractivity contribution in [2.45, 2.75) is 70.4 Å². The quantitative estimate of drug-likeness (QED) is 0.750. The monoisotopic (exact) mass is 265 g/mol. The fourth-order valence-corrected chi connectivity index (χ4v) is 3.66. The minimum Gasteiger partial charge on any atom is -0.466 e. The van der Waals surface area contributed by atoms with Crippen molar-refractivity contribution in [3.8, 4) is 0 Å². The van der Waals surface area contributed by atoms with E-state index < -0.39 is 0 Å². The number of nitrogens with one attached hydrogen (secondary N) is 1. The summed E-state index contributed by atoms with van der Waals surface area (Å²) < 4.78 is 5.19. The summed E-state index contributed by atoms with van der Waals surface area (Å²) >= 11 is 0. The molecular weight excluding hydrogens is 238 g/mol. The average Bonchev–Trinajstić information content (AvgIpc) is 3.30. The predicted molar refractivity (Wildman–Crippen MR) is 74.8 cm³/mol. The molecule has 0 radical (unpaired) electrons. The van der Waals surface area contributed by atoms with Crippen LogP contribution in [0.3, 0.4) is 0 Å². The Labute approximate surface area is 116 Å². The Bertz CT molecular complexity index is 311. The molecule has 3 rings (SSSR count). The number of rotatable bonds is 6. The maximum Gasteiger partial charge on any atom is 0.308 e. The number of carbonyl (C=O) groups is 1. The van der Waals surface area contributed by atoms with Crippen molar-refractivity contribution in [3.63, 3.8) is 0 Å². The molecule has 3 nitrogen and oxygen atoms in total. The van der Waals surface area contributed by atoms with Crippen LogP contribution in [0.2, 0.25) is 0 Å². The van der Waals surface area contributed by atoms with Gasteiger partial charge in [0, 0.05) is 12.1 Å². The lowest BCUT2D eigenvalue weighted by atomic mass is 9.85. The van der Waals surface area contributed by atoms with Gasteiger partial charge in [0.2, 0.25) is 0 Å². The van der Waals surface area contributed by atoms with Crippen molar-refractivity contribution in [1.29, 1.82) is 0 Å². The number of ether oxygens (including phenoxy) is 1. The second kappa shape index (κ2) is 5.82. The van der Waals surface area contributed by atoms with Gasteiger partial charge in [0.25, 0.3) is 0 Å². The topological polar surface area (TPSA) is 38.3 Å². The molecule has 2 unspecified atom stereocenters. The fourth-order valence-electron chi connectivity index (χ4n) is 3.66. The van der Waals surface area contributed by atoms with Crippen molar-refractivity contribution in [3.05, 3.63) is 0 Å². The molecule has 0 saturated heterocycles. The van der Waals surface area contributed by atoms with Gasteiger partial charge in [-0.25, -0.2) is 0 Å². The van der Waals surface area contributed by atoms with Crippen LogP contribution in [0.1, 0.15) is 58.3 Å². The van der Waals surface area contributed by atoms with E-state index in [4.69, 9.17) is 4.74 Å². The SMILES string of the molecule is CCOC(=O)C1CCCC(NC(C2CC2)C2CC2)C1. The molecule has 3 saturated carbocycles. The molecule has 0 aromatic carbocycles. The van der Waals surface area contributed by atoms with Crippen molar-refractivity contribution in [2.75, 3.05) is 6.61 Å². The number of hydrogen-bond acceptors (Lipinski definition) is 3. The second-order valence-corrected chi connectivity index (χ2v) is 6.68. The molecule has 3 aliphatic carbocycles. The van der Waals surface area contributed by atoms with E-state index in [2.05, 4.69) is 5.32 Å². The molecule has 0 aliphatic heterocycles. The van der Waals surface area contributed by atoms with E-state index in [1.807, 2.05) is 6.92 Å². The van der Waals surface area contributed by atoms with E-state index in [1.54, 1.807) is 0 Å². The third-order valence-electron chi connectivity index (χ3n) is 4.98. The number of carbonyl (C=O) groups excluding carboxylic acids is 1. The first-order valence-electron chi connectivity index (χ1n) is 8.20. The van der Waals surface area contributed by atoms with Crippen LogP contribution in [0.5, 0.6) is 0 Å². The maximum atomic E-state index is 11.9. The molecule has 0 aromatic heterocycles. The minimum atomic E-state index is 0.0309. The highest BCUT2D eigenvalue weighted by molar-refractivity contribution is 5.72. The molecule has 3 heteroatoms. The molecular formula is C16H27NO2. The molecule has 0 spiro atoms. The third kappa shape index (κ3) is 3.50. The van der Waals surface area contributed by atoms with E-state index in [9.17, 15) is 4.79 Å². The molecule has 108 valence electrons. The smallest absolute Gasteiger partial charge is 0.308 e. The molecule has 0 amide bonds. The number of esters is 1. The Hall–Kier alpha value is -0.570. The normalized spacial score (nSPS) is 31.5. The Morgan fingerprint density at radius 3 is 2.42 bits per heavy atom. The highest BCUT2D eigenvalue weighted by Gasteiger charge is 2.42. The van der Waals surface area contributed by atoms with Gasteiger partial charge < -0.3 is 10.1 Å². The molecule has 3 aliphatic rings. The van der Waals surface area contributed by atoms with Crippen LogP contribution >= 0.6 is 0 Å². The first-order valence-corrected chi connectivity index (χ1v) is 8.20. The van der Waals surface area contributed by atoms with Gasteiger partial charge in [0.05, 0.1) is 12.5 Å². The van der Waals surface area contributed by atoms with Crippen molar-refractivity contribution >= 4 is 5.97 Å². The molecule has 0 heterocycles. The zero-order valence-electron chi connectivity index (χ0n) is 12.1. The lowest BCUT2D eigenvalue weighted by molar-refractivity contribution is -0.149. The van der Waals surface area contributed by atoms with Gasteiger partial charge in [0.15, 0.2) is 0 Å². The molecule has 19 heavy (non-hydrogen) atoms. The van der Waals surface area contributed by atoms with Crippen LogP contribution in [-0.4, -0.2) is 24.7 Å². The summed E-state index contributed by atoms with van der Waals surface area (Å²) in [5, 5.41) is 3.90. The highest BCUT2D eigenvalue weighted by Crippen LogP contribution is 2.45. The summed E-state index contributed by atoms with van der Waals surface area (Å²) in [7, 11) is 0. The Kier molecular flexibility index (Phi) is 4.11. The Morgan fingerprint density at radius 2 is 1.84 bits per heavy atom. The van der Waals surface area contributed by atoms with Crippen LogP contribution in [0.15, 0.2) is 0 Å². The van der Waals surface area contributed by atoms with E-state index in [1.165, 1.54) is 38.5 Å². The molecule has 3 fully saturated rings. The van der Waals surface area contributed by atoms with Gasteiger partial charge in [-0.05, 0) is 63.7 Å². The van der Waals surface area contributed by atoms with Crippen molar-refractivity contribution in [1.82, 2.24) is 5.32 Å². The van der Waals surface area contributed by atoms with Crippen LogP contribution < -0.4 is 5.32 Å². The lowest BCUT2D eigenvalue weighted by Crippen LogP contribution is -2.44. The standard InChI is InChI=1S/C16H27NO2/c1-2-19-16(18)13-4-3-5-14(10-13)17-15(11-6-7-11)12-8-9-12/h11-15,17H,2-10H2,1H3. The van der Waals surface area contributed by atoms with Gasteiger partial charge in [-0.2, -0.15) is 0 Å².